The Bertz CT molecular complexity index is 617. The van der Waals surface area contributed by atoms with Crippen LogP contribution in [0.5, 0.6) is 0 Å². The number of benzene rings is 1. The van der Waals surface area contributed by atoms with Gasteiger partial charge in [-0.1, -0.05) is 0 Å². The van der Waals surface area contributed by atoms with Crippen molar-refractivity contribution in [1.29, 1.82) is 0 Å². The first kappa shape index (κ1) is 14.0. The average molecular weight is 284 g/mol. The number of anilines is 1. The van der Waals surface area contributed by atoms with Crippen LogP contribution in [0.15, 0.2) is 23.1 Å². The van der Waals surface area contributed by atoms with Crippen molar-refractivity contribution in [3.8, 4) is 0 Å². The quantitative estimate of drug-likeness (QED) is 0.737. The Morgan fingerprint density at radius 3 is 2.74 bits per heavy atom. The molecule has 1 aliphatic rings. The van der Waals surface area contributed by atoms with Crippen molar-refractivity contribution in [2.45, 2.75) is 30.8 Å². The Labute approximate surface area is 111 Å². The van der Waals surface area contributed by atoms with Gasteiger partial charge in [0.05, 0.1) is 16.9 Å². The van der Waals surface area contributed by atoms with Crippen LogP contribution in [0.1, 0.15) is 19.4 Å². The maximum Gasteiger partial charge on any atom is 0.240 e. The maximum absolute atomic E-state index is 12.0. The van der Waals surface area contributed by atoms with Gasteiger partial charge in [-0.05, 0) is 37.6 Å². The second-order valence-corrected chi connectivity index (χ2v) is 6.95. The van der Waals surface area contributed by atoms with E-state index in [1.807, 2.05) is 0 Å². The molecule has 0 saturated carbocycles. The van der Waals surface area contributed by atoms with E-state index in [0.717, 1.165) is 0 Å². The van der Waals surface area contributed by atoms with Crippen LogP contribution in [0.4, 0.5) is 5.69 Å². The zero-order valence-corrected chi connectivity index (χ0v) is 11.5. The Morgan fingerprint density at radius 1 is 1.42 bits per heavy atom. The van der Waals surface area contributed by atoms with Gasteiger partial charge in [0.25, 0.3) is 0 Å². The first-order chi connectivity index (χ1) is 8.67. The van der Waals surface area contributed by atoms with Gasteiger partial charge in [-0.2, -0.15) is 0 Å². The van der Waals surface area contributed by atoms with Crippen molar-refractivity contribution in [1.82, 2.24) is 4.72 Å². The summed E-state index contributed by atoms with van der Waals surface area (Å²) in [4.78, 5) is 11.3. The molecule has 0 aliphatic carbocycles. The molecule has 6 nitrogen and oxygen atoms in total. The Hall–Kier alpha value is -1.44. The molecule has 7 heteroatoms. The van der Waals surface area contributed by atoms with Crippen LogP contribution in [0.25, 0.3) is 0 Å². The van der Waals surface area contributed by atoms with E-state index in [2.05, 4.69) is 10.0 Å². The van der Waals surface area contributed by atoms with Crippen molar-refractivity contribution >= 4 is 21.6 Å². The van der Waals surface area contributed by atoms with Gasteiger partial charge in [0.15, 0.2) is 0 Å². The molecule has 0 spiro atoms. The molecule has 1 heterocycles. The summed E-state index contributed by atoms with van der Waals surface area (Å²) >= 11 is 0. The van der Waals surface area contributed by atoms with Crippen LogP contribution in [0.3, 0.4) is 0 Å². The number of fused-ring (bicyclic) bond motifs is 1. The van der Waals surface area contributed by atoms with Crippen LogP contribution in [-0.2, 0) is 21.2 Å². The molecule has 0 radical (unpaired) electrons. The minimum Gasteiger partial charge on any atom is -0.389 e. The fourth-order valence-electron chi connectivity index (χ4n) is 1.73. The van der Waals surface area contributed by atoms with E-state index < -0.39 is 15.6 Å². The van der Waals surface area contributed by atoms with Crippen molar-refractivity contribution in [3.05, 3.63) is 23.8 Å². The number of hydrogen-bond acceptors (Lipinski definition) is 4. The molecule has 1 aromatic rings. The van der Waals surface area contributed by atoms with E-state index in [1.54, 1.807) is 6.07 Å². The Morgan fingerprint density at radius 2 is 2.11 bits per heavy atom. The van der Waals surface area contributed by atoms with E-state index >= 15 is 0 Å². The third-order valence-corrected chi connectivity index (χ3v) is 4.11. The predicted octanol–water partition coefficient (Wildman–Crippen LogP) is 0.230. The molecule has 0 aromatic heterocycles. The molecule has 19 heavy (non-hydrogen) atoms. The van der Waals surface area contributed by atoms with E-state index in [4.69, 9.17) is 0 Å². The van der Waals surface area contributed by atoms with Crippen LogP contribution < -0.4 is 10.0 Å². The van der Waals surface area contributed by atoms with Crippen LogP contribution >= 0.6 is 0 Å². The van der Waals surface area contributed by atoms with Gasteiger partial charge < -0.3 is 10.4 Å². The number of nitrogens with one attached hydrogen (secondary N) is 2. The van der Waals surface area contributed by atoms with Crippen molar-refractivity contribution in [2.24, 2.45) is 0 Å². The molecule has 0 unspecified atom stereocenters. The highest BCUT2D eigenvalue weighted by molar-refractivity contribution is 7.89. The topological polar surface area (TPSA) is 95.5 Å². The lowest BCUT2D eigenvalue weighted by atomic mass is 10.1. The van der Waals surface area contributed by atoms with Gasteiger partial charge in [-0.3, -0.25) is 4.79 Å². The lowest BCUT2D eigenvalue weighted by Gasteiger charge is -2.17. The smallest absolute Gasteiger partial charge is 0.240 e. The minimum absolute atomic E-state index is 0.0798. The second kappa shape index (κ2) is 4.59. The van der Waals surface area contributed by atoms with Crippen LogP contribution in [0, 0.1) is 0 Å². The van der Waals surface area contributed by atoms with Crippen LogP contribution in [0.2, 0.25) is 0 Å². The summed E-state index contributed by atoms with van der Waals surface area (Å²) in [6.45, 7) is 2.95. The number of carbonyl (C=O) groups is 1. The van der Waals surface area contributed by atoms with E-state index in [0.29, 0.717) is 11.3 Å². The molecule has 0 saturated heterocycles. The number of carbonyl (C=O) groups excluding carboxylic acids is 1. The number of amides is 1. The fourth-order valence-corrected chi connectivity index (χ4v) is 2.98. The van der Waals surface area contributed by atoms with E-state index in [9.17, 15) is 18.3 Å². The summed E-state index contributed by atoms with van der Waals surface area (Å²) in [7, 11) is -3.68. The number of rotatable bonds is 4. The summed E-state index contributed by atoms with van der Waals surface area (Å²) in [6.07, 6.45) is 0.185. The minimum atomic E-state index is -3.68. The van der Waals surface area contributed by atoms with Gasteiger partial charge in [-0.15, -0.1) is 0 Å². The highest BCUT2D eigenvalue weighted by atomic mass is 32.2. The van der Waals surface area contributed by atoms with Gasteiger partial charge in [0.2, 0.25) is 15.9 Å². The SMILES string of the molecule is CC(C)(O)CNS(=O)(=O)c1ccc2c(c1)CC(=O)N2. The molecule has 0 fully saturated rings. The molecule has 1 aromatic carbocycles. The first-order valence-electron chi connectivity index (χ1n) is 5.82. The van der Waals surface area contributed by atoms with Gasteiger partial charge >= 0.3 is 0 Å². The molecule has 0 bridgehead atoms. The van der Waals surface area contributed by atoms with E-state index in [1.165, 1.54) is 26.0 Å². The van der Waals surface area contributed by atoms with Crippen molar-refractivity contribution in [3.63, 3.8) is 0 Å². The number of sulfonamides is 1. The molecular weight excluding hydrogens is 268 g/mol. The Balaban J connectivity index is 2.23. The maximum atomic E-state index is 12.0. The molecule has 1 aliphatic heterocycles. The first-order valence-corrected chi connectivity index (χ1v) is 7.30. The molecular formula is C12H16N2O4S. The fraction of sp³-hybridized carbons (Fsp3) is 0.417. The molecule has 104 valence electrons. The Kier molecular flexibility index (Phi) is 3.38. The highest BCUT2D eigenvalue weighted by Gasteiger charge is 2.23. The summed E-state index contributed by atoms with van der Waals surface area (Å²) in [5, 5.41) is 12.2. The third kappa shape index (κ3) is 3.31. The predicted molar refractivity (Wildman–Crippen MR) is 70.3 cm³/mol. The number of hydrogen-bond donors (Lipinski definition) is 3. The van der Waals surface area contributed by atoms with Crippen LogP contribution in [-0.4, -0.2) is 31.6 Å². The molecule has 2 rings (SSSR count). The lowest BCUT2D eigenvalue weighted by molar-refractivity contribution is -0.115. The van der Waals surface area contributed by atoms with Crippen molar-refractivity contribution in [2.75, 3.05) is 11.9 Å². The van der Waals surface area contributed by atoms with Gasteiger partial charge in [0, 0.05) is 12.2 Å². The second-order valence-electron chi connectivity index (χ2n) is 5.18. The summed E-state index contributed by atoms with van der Waals surface area (Å²) in [5.74, 6) is -0.144. The monoisotopic (exact) mass is 284 g/mol. The van der Waals surface area contributed by atoms with Gasteiger partial charge in [0.1, 0.15) is 0 Å². The normalized spacial score (nSPS) is 15.2. The highest BCUT2D eigenvalue weighted by Crippen LogP contribution is 2.25. The molecule has 3 N–H and O–H groups in total. The largest absolute Gasteiger partial charge is 0.389 e. The van der Waals surface area contributed by atoms with Gasteiger partial charge in [-0.25, -0.2) is 13.1 Å². The summed E-state index contributed by atoms with van der Waals surface area (Å²) in [6, 6.07) is 4.47. The number of aliphatic hydroxyl groups is 1. The average Bonchev–Trinajstić information content (AvgIpc) is 2.64. The zero-order valence-electron chi connectivity index (χ0n) is 10.7. The van der Waals surface area contributed by atoms with E-state index in [-0.39, 0.29) is 23.8 Å². The molecule has 1 amide bonds. The van der Waals surface area contributed by atoms with Crippen molar-refractivity contribution < 1.29 is 18.3 Å². The summed E-state index contributed by atoms with van der Waals surface area (Å²) < 4.78 is 26.4. The standard InChI is InChI=1S/C12H16N2O4S/c1-12(2,16)7-13-19(17,18)9-3-4-10-8(5-9)6-11(15)14-10/h3-5,13,16H,6-7H2,1-2H3,(H,14,15). The zero-order chi connectivity index (χ0) is 14.3. The lowest BCUT2D eigenvalue weighted by Crippen LogP contribution is -2.38. The molecule has 0 atom stereocenters. The summed E-state index contributed by atoms with van der Waals surface area (Å²) in [5.41, 5.74) is 0.184. The third-order valence-electron chi connectivity index (χ3n) is 2.71.